The van der Waals surface area contributed by atoms with Gasteiger partial charge in [0.1, 0.15) is 6.04 Å². The van der Waals surface area contributed by atoms with Crippen molar-refractivity contribution >= 4 is 52.9 Å². The van der Waals surface area contributed by atoms with Crippen molar-refractivity contribution in [2.24, 2.45) is 5.92 Å². The number of ketones is 1. The van der Waals surface area contributed by atoms with Gasteiger partial charge in [0, 0.05) is 66.2 Å². The number of thioether (sulfide) groups is 1. The molecule has 0 aromatic heterocycles. The van der Waals surface area contributed by atoms with E-state index in [2.05, 4.69) is 21.3 Å². The Morgan fingerprint density at radius 2 is 1.48 bits per heavy atom. The van der Waals surface area contributed by atoms with Gasteiger partial charge in [-0.3, -0.25) is 19.2 Å². The SMILES string of the molecule is CC(C)[C@@H](NC(=O)c1cccc(C(=O)CCCOCCOCCOCCOCCNC(=O)CCCC[C@@H]2SC[C@@H]3NC(=O)N[C@@H]32)c1)C(=O)N1CCC(c2ccc(Cl)cc2)CC1. The number of rotatable bonds is 27. The number of carbonyl (C=O) groups excluding carboxylic acids is 5. The number of amides is 5. The van der Waals surface area contributed by atoms with Gasteiger partial charge in [-0.05, 0) is 73.8 Å². The van der Waals surface area contributed by atoms with E-state index in [1.54, 1.807) is 24.3 Å². The number of likely N-dealkylation sites (tertiary alicyclic amines) is 1. The highest BCUT2D eigenvalue weighted by Crippen LogP contribution is 2.33. The molecule has 0 bridgehead atoms. The molecule has 4 N–H and O–H groups in total. The molecule has 0 saturated carbocycles. The van der Waals surface area contributed by atoms with E-state index < -0.39 is 6.04 Å². The van der Waals surface area contributed by atoms with Gasteiger partial charge in [-0.15, -0.1) is 0 Å². The lowest BCUT2D eigenvalue weighted by molar-refractivity contribution is -0.135. The fourth-order valence-electron chi connectivity index (χ4n) is 7.80. The molecule has 3 heterocycles. The molecule has 61 heavy (non-hydrogen) atoms. The Morgan fingerprint density at radius 3 is 2.16 bits per heavy atom. The van der Waals surface area contributed by atoms with E-state index >= 15 is 0 Å². The average molecular weight is 887 g/mol. The van der Waals surface area contributed by atoms with Crippen LogP contribution < -0.4 is 21.3 Å². The molecule has 3 fully saturated rings. The maximum atomic E-state index is 13.6. The zero-order valence-electron chi connectivity index (χ0n) is 35.6. The van der Waals surface area contributed by atoms with Crippen LogP contribution in [0.25, 0.3) is 0 Å². The van der Waals surface area contributed by atoms with Crippen molar-refractivity contribution in [1.82, 2.24) is 26.2 Å². The van der Waals surface area contributed by atoms with Crippen LogP contribution in [0.5, 0.6) is 0 Å². The predicted octanol–water partition coefficient (Wildman–Crippen LogP) is 5.37. The van der Waals surface area contributed by atoms with Crippen LogP contribution in [0.1, 0.15) is 97.4 Å². The van der Waals surface area contributed by atoms with E-state index in [1.807, 2.05) is 54.8 Å². The van der Waals surface area contributed by atoms with Gasteiger partial charge in [0.05, 0.1) is 58.3 Å². The fourth-order valence-corrected chi connectivity index (χ4v) is 9.47. The summed E-state index contributed by atoms with van der Waals surface area (Å²) in [5, 5.41) is 12.9. The topological polar surface area (TPSA) is 174 Å². The summed E-state index contributed by atoms with van der Waals surface area (Å²) in [5.74, 6) is 0.675. The van der Waals surface area contributed by atoms with Crippen LogP contribution in [0, 0.1) is 5.92 Å². The number of Topliss-reactive ketones (excluding diaryl/α,β-unsaturated/α-hetero) is 1. The number of ether oxygens (including phenoxy) is 4. The van der Waals surface area contributed by atoms with Gasteiger partial charge in [-0.25, -0.2) is 4.79 Å². The van der Waals surface area contributed by atoms with Crippen molar-refractivity contribution in [2.45, 2.75) is 94.5 Å². The Hall–Kier alpha value is -3.73. The van der Waals surface area contributed by atoms with Crippen LogP contribution in [-0.4, -0.2) is 136 Å². The number of benzene rings is 2. The number of nitrogens with zero attached hydrogens (tertiary/aromatic N) is 1. The molecule has 2 aromatic rings. The first-order valence-electron chi connectivity index (χ1n) is 21.8. The fraction of sp³-hybridized carbons (Fsp3) is 0.622. The number of halogens is 1. The second-order valence-electron chi connectivity index (χ2n) is 16.1. The molecule has 0 unspecified atom stereocenters. The summed E-state index contributed by atoms with van der Waals surface area (Å²) in [6.07, 6.45) is 5.77. The minimum atomic E-state index is -0.675. The van der Waals surface area contributed by atoms with Gasteiger partial charge in [0.15, 0.2) is 5.78 Å². The third-order valence-electron chi connectivity index (χ3n) is 11.3. The van der Waals surface area contributed by atoms with E-state index in [9.17, 15) is 24.0 Å². The third-order valence-corrected chi connectivity index (χ3v) is 13.0. The van der Waals surface area contributed by atoms with Crippen LogP contribution in [0.15, 0.2) is 48.5 Å². The molecular weight excluding hydrogens is 822 g/mol. The molecule has 2 aromatic carbocycles. The Labute approximate surface area is 369 Å². The molecule has 5 rings (SSSR count). The van der Waals surface area contributed by atoms with Crippen molar-refractivity contribution in [2.75, 3.05) is 78.2 Å². The standard InChI is InChI=1S/C45H64ClN5O9S/c1-31(2)41(44(55)51-19-16-33(17-20-51)32-12-14-36(46)15-13-32)49-43(54)35-8-5-7-34(29-35)38(52)9-6-21-57-23-25-59-27-28-60-26-24-58-22-18-47-40(53)11-4-3-10-39-42-37(30-61-39)48-45(56)50-42/h5,7-8,12-15,29,31,33,37,39,41-42H,3-4,6,9-11,16-28,30H2,1-2H3,(H,47,53)(H,49,54)(H2,48,50,56)/t37-,39-,41+,42-/m0/s1. The monoisotopic (exact) mass is 885 g/mol. The molecule has 3 aliphatic heterocycles. The van der Waals surface area contributed by atoms with Gasteiger partial charge in [0.25, 0.3) is 5.91 Å². The Bertz CT molecular complexity index is 1710. The highest BCUT2D eigenvalue weighted by atomic mass is 35.5. The van der Waals surface area contributed by atoms with Crippen molar-refractivity contribution < 1.29 is 42.9 Å². The van der Waals surface area contributed by atoms with Crippen LogP contribution in [0.4, 0.5) is 4.79 Å². The number of fused-ring (bicyclic) bond motifs is 1. The van der Waals surface area contributed by atoms with Crippen LogP contribution in [0.2, 0.25) is 5.02 Å². The smallest absolute Gasteiger partial charge is 0.315 e. The number of urea groups is 1. The minimum Gasteiger partial charge on any atom is -0.379 e. The first-order chi connectivity index (χ1) is 29.6. The minimum absolute atomic E-state index is 0.0244. The maximum absolute atomic E-state index is 13.6. The van der Waals surface area contributed by atoms with Crippen molar-refractivity contribution in [3.05, 3.63) is 70.2 Å². The quantitative estimate of drug-likeness (QED) is 0.0519. The molecule has 0 radical (unpaired) electrons. The second kappa shape index (κ2) is 26.0. The van der Waals surface area contributed by atoms with E-state index in [0.29, 0.717) is 113 Å². The number of carbonyl (C=O) groups is 5. The first kappa shape index (κ1) is 48.3. The van der Waals surface area contributed by atoms with Gasteiger partial charge < -0.3 is 45.1 Å². The molecule has 336 valence electrons. The zero-order chi connectivity index (χ0) is 43.4. The average Bonchev–Trinajstić information content (AvgIpc) is 3.82. The number of piperidine rings is 1. The molecular formula is C45H64ClN5O9S. The maximum Gasteiger partial charge on any atom is 0.315 e. The van der Waals surface area contributed by atoms with Crippen molar-refractivity contribution in [1.29, 1.82) is 0 Å². The largest absolute Gasteiger partial charge is 0.379 e. The van der Waals surface area contributed by atoms with Crippen molar-refractivity contribution in [3.63, 3.8) is 0 Å². The molecule has 3 saturated heterocycles. The normalized spacial score (nSPS) is 19.3. The molecule has 3 aliphatic rings. The van der Waals surface area contributed by atoms with Crippen LogP contribution in [0.3, 0.4) is 0 Å². The highest BCUT2D eigenvalue weighted by molar-refractivity contribution is 8.00. The molecule has 5 amide bonds. The lowest BCUT2D eigenvalue weighted by atomic mass is 9.89. The number of hydrogen-bond acceptors (Lipinski definition) is 10. The summed E-state index contributed by atoms with van der Waals surface area (Å²) < 4.78 is 22.2. The van der Waals surface area contributed by atoms with E-state index in [-0.39, 0.29) is 54.0 Å². The summed E-state index contributed by atoms with van der Waals surface area (Å²) in [6.45, 7) is 8.86. The summed E-state index contributed by atoms with van der Waals surface area (Å²) >= 11 is 7.95. The Kier molecular flexibility index (Phi) is 20.6. The lowest BCUT2D eigenvalue weighted by Crippen LogP contribution is -2.52. The first-order valence-corrected chi connectivity index (χ1v) is 23.3. The molecule has 14 nitrogen and oxygen atoms in total. The van der Waals surface area contributed by atoms with Gasteiger partial charge >= 0.3 is 6.03 Å². The second-order valence-corrected chi connectivity index (χ2v) is 17.8. The van der Waals surface area contributed by atoms with E-state index in [1.165, 1.54) is 5.56 Å². The van der Waals surface area contributed by atoms with E-state index in [0.717, 1.165) is 37.9 Å². The summed E-state index contributed by atoms with van der Waals surface area (Å²) in [5.41, 5.74) is 2.01. The summed E-state index contributed by atoms with van der Waals surface area (Å²) in [7, 11) is 0. The van der Waals surface area contributed by atoms with Gasteiger partial charge in [0.2, 0.25) is 11.8 Å². The summed E-state index contributed by atoms with van der Waals surface area (Å²) in [6, 6.07) is 14.2. The van der Waals surface area contributed by atoms with Crippen LogP contribution >= 0.6 is 23.4 Å². The predicted molar refractivity (Wildman–Crippen MR) is 236 cm³/mol. The Balaban J connectivity index is 0.827. The Morgan fingerprint density at radius 1 is 0.820 bits per heavy atom. The molecule has 0 aliphatic carbocycles. The van der Waals surface area contributed by atoms with Crippen LogP contribution in [-0.2, 0) is 28.5 Å². The molecule has 0 spiro atoms. The summed E-state index contributed by atoms with van der Waals surface area (Å²) in [4.78, 5) is 65.3. The number of nitrogens with one attached hydrogen (secondary N) is 4. The van der Waals surface area contributed by atoms with Gasteiger partial charge in [-0.2, -0.15) is 11.8 Å². The number of hydrogen-bond donors (Lipinski definition) is 4. The molecule has 4 atom stereocenters. The van der Waals surface area contributed by atoms with Crippen molar-refractivity contribution in [3.8, 4) is 0 Å². The van der Waals surface area contributed by atoms with Gasteiger partial charge in [-0.1, -0.05) is 56.1 Å². The zero-order valence-corrected chi connectivity index (χ0v) is 37.2. The highest BCUT2D eigenvalue weighted by Gasteiger charge is 2.42. The third kappa shape index (κ3) is 16.2. The lowest BCUT2D eigenvalue weighted by Gasteiger charge is -2.35. The molecule has 16 heteroatoms. The number of unbranched alkanes of at least 4 members (excludes halogenated alkanes) is 1. The van der Waals surface area contributed by atoms with E-state index in [4.69, 9.17) is 30.5 Å².